The highest BCUT2D eigenvalue weighted by Crippen LogP contribution is 2.32. The average molecular weight is 580 g/mol. The van der Waals surface area contributed by atoms with Crippen LogP contribution in [0.5, 0.6) is 0 Å². The van der Waals surface area contributed by atoms with Gasteiger partial charge in [0.05, 0.1) is 13.0 Å². The van der Waals surface area contributed by atoms with Gasteiger partial charge in [0.2, 0.25) is 0 Å². The second-order valence-corrected chi connectivity index (χ2v) is 10.4. The average Bonchev–Trinajstić information content (AvgIpc) is 3.24. The minimum Gasteiger partial charge on any atom is -0.466 e. The molecule has 0 spiro atoms. The summed E-state index contributed by atoms with van der Waals surface area (Å²) in [7, 11) is 0. The third-order valence-electron chi connectivity index (χ3n) is 7.83. The van der Waals surface area contributed by atoms with Gasteiger partial charge in [-0.2, -0.15) is 13.2 Å². The highest BCUT2D eigenvalue weighted by molar-refractivity contribution is 6.06. The van der Waals surface area contributed by atoms with Crippen molar-refractivity contribution >= 4 is 29.3 Å². The Balaban J connectivity index is 1.29. The number of carbonyl (C=O) groups is 3. The van der Waals surface area contributed by atoms with Gasteiger partial charge in [-0.1, -0.05) is 48.5 Å². The molecule has 1 fully saturated rings. The number of nitrogens with zero attached hydrogens (tertiary/aromatic N) is 3. The van der Waals surface area contributed by atoms with Gasteiger partial charge in [-0.15, -0.1) is 0 Å². The van der Waals surface area contributed by atoms with E-state index in [1.807, 2.05) is 72.8 Å². The van der Waals surface area contributed by atoms with Gasteiger partial charge < -0.3 is 9.64 Å². The minimum atomic E-state index is -4.89. The first-order valence-electron chi connectivity index (χ1n) is 14.0. The summed E-state index contributed by atoms with van der Waals surface area (Å²) in [6.45, 7) is 2.98. The number of anilines is 2. The topological polar surface area (TPSA) is 70.2 Å². The van der Waals surface area contributed by atoms with Gasteiger partial charge in [0.1, 0.15) is 0 Å². The SMILES string of the molecule is CCOC(=O)CC(c1ccccc1)c1ccc(N2CCN(c3ccc4c(c3)CCN(C(=O)C(F)(F)F)CC4)C2=O)cc1. The molecule has 42 heavy (non-hydrogen) atoms. The molecule has 5 rings (SSSR count). The Morgan fingerprint density at radius 2 is 1.40 bits per heavy atom. The van der Waals surface area contributed by atoms with Crippen LogP contribution in [0.2, 0.25) is 0 Å². The molecule has 0 saturated carbocycles. The van der Waals surface area contributed by atoms with Crippen LogP contribution in [-0.2, 0) is 27.2 Å². The zero-order valence-electron chi connectivity index (χ0n) is 23.3. The lowest BCUT2D eigenvalue weighted by Crippen LogP contribution is -2.42. The van der Waals surface area contributed by atoms with Crippen LogP contribution in [-0.4, -0.2) is 61.8 Å². The van der Waals surface area contributed by atoms with Crippen LogP contribution >= 0.6 is 0 Å². The first-order valence-corrected chi connectivity index (χ1v) is 14.0. The fraction of sp³-hybridized carbons (Fsp3) is 0.344. The van der Waals surface area contributed by atoms with Gasteiger partial charge >= 0.3 is 24.1 Å². The second-order valence-electron chi connectivity index (χ2n) is 10.4. The summed E-state index contributed by atoms with van der Waals surface area (Å²) >= 11 is 0. The van der Waals surface area contributed by atoms with E-state index in [4.69, 9.17) is 4.74 Å². The van der Waals surface area contributed by atoms with Gasteiger partial charge in [-0.25, -0.2) is 4.79 Å². The summed E-state index contributed by atoms with van der Waals surface area (Å²) in [5, 5.41) is 0. The van der Waals surface area contributed by atoms with Crippen LogP contribution in [0.25, 0.3) is 0 Å². The lowest BCUT2D eigenvalue weighted by Gasteiger charge is -2.21. The molecule has 3 aromatic rings. The largest absolute Gasteiger partial charge is 0.471 e. The van der Waals surface area contributed by atoms with Gasteiger partial charge in [0, 0.05) is 43.5 Å². The van der Waals surface area contributed by atoms with E-state index >= 15 is 0 Å². The van der Waals surface area contributed by atoms with Crippen LogP contribution in [0, 0.1) is 0 Å². The van der Waals surface area contributed by atoms with Crippen molar-refractivity contribution in [3.63, 3.8) is 0 Å². The molecule has 3 aromatic carbocycles. The molecule has 1 atom stereocenters. The Labute approximate surface area is 242 Å². The van der Waals surface area contributed by atoms with E-state index in [9.17, 15) is 27.6 Å². The normalized spacial score (nSPS) is 16.2. The Morgan fingerprint density at radius 3 is 2.05 bits per heavy atom. The highest BCUT2D eigenvalue weighted by Gasteiger charge is 2.42. The molecule has 1 saturated heterocycles. The summed E-state index contributed by atoms with van der Waals surface area (Å²) in [6, 6.07) is 22.6. The van der Waals surface area contributed by atoms with Crippen LogP contribution in [0.4, 0.5) is 29.3 Å². The van der Waals surface area contributed by atoms with Gasteiger partial charge in [0.25, 0.3) is 0 Å². The lowest BCUT2D eigenvalue weighted by molar-refractivity contribution is -0.185. The number of urea groups is 1. The number of esters is 1. The predicted molar refractivity (Wildman–Crippen MR) is 153 cm³/mol. The second kappa shape index (κ2) is 12.3. The number of amides is 3. The van der Waals surface area contributed by atoms with Crippen LogP contribution < -0.4 is 9.80 Å². The quantitative estimate of drug-likeness (QED) is 0.337. The molecular formula is C32H32F3N3O4. The number of alkyl halides is 3. The standard InChI is InChI=1S/C32H32F3N3O4/c1-2-42-29(39)21-28(23-6-4-3-5-7-23)24-9-11-26(12-10-24)37-18-19-38(31(37)41)27-13-8-22-14-16-36(17-15-25(22)20-27)30(40)32(33,34)35/h3-13,20,28H,2,14-19,21H2,1H3. The Hall–Kier alpha value is -4.34. The molecule has 2 aliphatic heterocycles. The predicted octanol–water partition coefficient (Wildman–Crippen LogP) is 5.71. The van der Waals surface area contributed by atoms with Crippen molar-refractivity contribution in [3.8, 4) is 0 Å². The molecular weight excluding hydrogens is 547 g/mol. The fourth-order valence-corrected chi connectivity index (χ4v) is 5.66. The van der Waals surface area contributed by atoms with Gasteiger partial charge in [-0.05, 0) is 66.3 Å². The zero-order chi connectivity index (χ0) is 29.9. The highest BCUT2D eigenvalue weighted by atomic mass is 19.4. The summed E-state index contributed by atoms with van der Waals surface area (Å²) < 4.78 is 44.0. The molecule has 0 bridgehead atoms. The van der Waals surface area contributed by atoms with E-state index in [0.29, 0.717) is 31.8 Å². The van der Waals surface area contributed by atoms with E-state index < -0.39 is 12.1 Å². The molecule has 7 nitrogen and oxygen atoms in total. The molecule has 3 amide bonds. The van der Waals surface area contributed by atoms with E-state index in [1.54, 1.807) is 16.7 Å². The third-order valence-corrected chi connectivity index (χ3v) is 7.83. The van der Waals surface area contributed by atoms with Crippen molar-refractivity contribution in [1.82, 2.24) is 4.90 Å². The van der Waals surface area contributed by atoms with Crippen molar-refractivity contribution in [2.24, 2.45) is 0 Å². The summed E-state index contributed by atoms with van der Waals surface area (Å²) in [5.74, 6) is -2.28. The minimum absolute atomic E-state index is 0.00201. The van der Waals surface area contributed by atoms with Crippen molar-refractivity contribution < 1.29 is 32.3 Å². The third kappa shape index (κ3) is 6.27. The lowest BCUT2D eigenvalue weighted by atomic mass is 9.88. The Bertz CT molecular complexity index is 1440. The Kier molecular flexibility index (Phi) is 8.51. The van der Waals surface area contributed by atoms with Crippen molar-refractivity contribution in [3.05, 3.63) is 95.1 Å². The van der Waals surface area contributed by atoms with Crippen LogP contribution in [0.15, 0.2) is 72.8 Å². The number of carbonyl (C=O) groups excluding carboxylic acids is 3. The van der Waals surface area contributed by atoms with Crippen molar-refractivity contribution in [1.29, 1.82) is 0 Å². The van der Waals surface area contributed by atoms with Crippen LogP contribution in [0.3, 0.4) is 0 Å². The van der Waals surface area contributed by atoms with Gasteiger partial charge in [-0.3, -0.25) is 19.4 Å². The maximum Gasteiger partial charge on any atom is 0.471 e. The monoisotopic (exact) mass is 579 g/mol. The van der Waals surface area contributed by atoms with Gasteiger partial charge in [0.15, 0.2) is 0 Å². The first kappa shape index (κ1) is 29.2. The van der Waals surface area contributed by atoms with E-state index in [-0.39, 0.29) is 43.8 Å². The Morgan fingerprint density at radius 1 is 0.810 bits per heavy atom. The molecule has 0 aromatic heterocycles. The first-order chi connectivity index (χ1) is 20.2. The maximum atomic E-state index is 13.5. The molecule has 2 aliphatic rings. The molecule has 1 unspecified atom stereocenters. The number of halogens is 3. The molecule has 10 heteroatoms. The molecule has 0 aliphatic carbocycles. The van der Waals surface area contributed by atoms with E-state index in [0.717, 1.165) is 32.8 Å². The summed E-state index contributed by atoms with van der Waals surface area (Å²) in [6.07, 6.45) is -4.08. The van der Waals surface area contributed by atoms with Crippen LogP contribution in [0.1, 0.15) is 41.5 Å². The number of ether oxygens (including phenoxy) is 1. The number of benzene rings is 3. The fourth-order valence-electron chi connectivity index (χ4n) is 5.66. The number of hydrogen-bond donors (Lipinski definition) is 0. The van der Waals surface area contributed by atoms with Crippen molar-refractivity contribution in [2.45, 2.75) is 38.3 Å². The molecule has 2 heterocycles. The number of hydrogen-bond acceptors (Lipinski definition) is 4. The summed E-state index contributed by atoms with van der Waals surface area (Å²) in [4.78, 5) is 41.7. The zero-order valence-corrected chi connectivity index (χ0v) is 23.3. The van der Waals surface area contributed by atoms with E-state index in [2.05, 4.69) is 0 Å². The molecule has 0 N–H and O–H groups in total. The number of fused-ring (bicyclic) bond motifs is 1. The summed E-state index contributed by atoms with van der Waals surface area (Å²) in [5.41, 5.74) is 5.05. The van der Waals surface area contributed by atoms with Crippen molar-refractivity contribution in [2.75, 3.05) is 42.6 Å². The smallest absolute Gasteiger partial charge is 0.466 e. The van der Waals surface area contributed by atoms with E-state index in [1.165, 1.54) is 0 Å². The molecule has 0 radical (unpaired) electrons. The maximum absolute atomic E-state index is 13.5. The molecule has 220 valence electrons. The number of rotatable bonds is 7.